The molecule has 1 unspecified atom stereocenters. The number of anilines is 1. The third kappa shape index (κ3) is 4.75. The van der Waals surface area contributed by atoms with E-state index in [-0.39, 0.29) is 16.8 Å². The molecule has 0 bridgehead atoms. The van der Waals surface area contributed by atoms with Crippen molar-refractivity contribution in [1.29, 1.82) is 0 Å². The molecule has 2 heterocycles. The largest absolute Gasteiger partial charge is 0.494 e. The van der Waals surface area contributed by atoms with E-state index in [2.05, 4.69) is 9.71 Å². The van der Waals surface area contributed by atoms with Crippen molar-refractivity contribution in [2.45, 2.75) is 30.7 Å². The molecule has 1 fully saturated rings. The maximum Gasteiger partial charge on any atom is 0.261 e. The number of carbonyl (C=O) groups is 1. The number of likely N-dealkylation sites (tertiary alicyclic amines) is 1. The maximum atomic E-state index is 13.2. The minimum atomic E-state index is -3.80. The number of nitrogens with zero attached hydrogens (tertiary/aromatic N) is 2. The molecule has 32 heavy (non-hydrogen) atoms. The van der Waals surface area contributed by atoms with E-state index in [0.29, 0.717) is 30.2 Å². The highest BCUT2D eigenvalue weighted by Crippen LogP contribution is 2.32. The summed E-state index contributed by atoms with van der Waals surface area (Å²) >= 11 is 0. The zero-order valence-electron chi connectivity index (χ0n) is 17.8. The Morgan fingerprint density at radius 3 is 2.66 bits per heavy atom. The third-order valence-corrected chi connectivity index (χ3v) is 6.75. The van der Waals surface area contributed by atoms with Crippen LogP contribution in [0.2, 0.25) is 0 Å². The van der Waals surface area contributed by atoms with Gasteiger partial charge < -0.3 is 9.64 Å². The molecular formula is C24H25N3O4S. The molecule has 1 amide bonds. The Kier molecular flexibility index (Phi) is 6.41. The average molecular weight is 452 g/mol. The number of sulfonamides is 1. The summed E-state index contributed by atoms with van der Waals surface area (Å²) in [5.41, 5.74) is 1.63. The number of amides is 1. The second-order valence-corrected chi connectivity index (χ2v) is 9.18. The first-order valence-corrected chi connectivity index (χ1v) is 12.0. The standard InChI is InChI=1S/C24H25N3O4S/c1-2-31-20-11-13-21(14-12-20)32(29,30)26-19-8-5-7-18(17-19)24(28)27-16-6-10-23(27)22-9-3-4-15-25-22/h3-5,7-9,11-15,17,23,26H,2,6,10,16H2,1H3. The number of rotatable bonds is 7. The van der Waals surface area contributed by atoms with Gasteiger partial charge >= 0.3 is 0 Å². The summed E-state index contributed by atoms with van der Waals surface area (Å²) < 4.78 is 33.5. The van der Waals surface area contributed by atoms with Crippen molar-refractivity contribution in [3.05, 3.63) is 84.2 Å². The molecule has 166 valence electrons. The minimum absolute atomic E-state index is 0.0760. The highest BCUT2D eigenvalue weighted by atomic mass is 32.2. The lowest BCUT2D eigenvalue weighted by atomic mass is 10.1. The summed E-state index contributed by atoms with van der Waals surface area (Å²) in [6.07, 6.45) is 3.48. The summed E-state index contributed by atoms with van der Waals surface area (Å²) in [6, 6.07) is 18.4. The molecule has 7 nitrogen and oxygen atoms in total. The van der Waals surface area contributed by atoms with Crippen LogP contribution >= 0.6 is 0 Å². The number of carbonyl (C=O) groups excluding carboxylic acids is 1. The molecule has 2 aromatic carbocycles. The van der Waals surface area contributed by atoms with Crippen molar-refractivity contribution in [3.63, 3.8) is 0 Å². The van der Waals surface area contributed by atoms with E-state index in [4.69, 9.17) is 4.74 Å². The molecule has 1 aliphatic rings. The molecule has 0 aliphatic carbocycles. The van der Waals surface area contributed by atoms with E-state index in [9.17, 15) is 13.2 Å². The fourth-order valence-electron chi connectivity index (χ4n) is 3.87. The Hall–Kier alpha value is -3.39. The molecule has 1 atom stereocenters. The van der Waals surface area contributed by atoms with Gasteiger partial charge in [-0.05, 0) is 74.4 Å². The van der Waals surface area contributed by atoms with E-state index in [1.807, 2.05) is 30.0 Å². The lowest BCUT2D eigenvalue weighted by Gasteiger charge is -2.24. The van der Waals surface area contributed by atoms with Crippen LogP contribution in [0.15, 0.2) is 77.8 Å². The summed E-state index contributed by atoms with van der Waals surface area (Å²) in [4.78, 5) is 19.6. The van der Waals surface area contributed by atoms with Crippen LogP contribution in [0, 0.1) is 0 Å². The van der Waals surface area contributed by atoms with Crippen LogP contribution < -0.4 is 9.46 Å². The van der Waals surface area contributed by atoms with Gasteiger partial charge in [-0.15, -0.1) is 0 Å². The second kappa shape index (κ2) is 9.40. The molecule has 0 saturated carbocycles. The quantitative estimate of drug-likeness (QED) is 0.580. The molecule has 1 aliphatic heterocycles. The smallest absolute Gasteiger partial charge is 0.261 e. The molecule has 4 rings (SSSR count). The molecule has 0 radical (unpaired) electrons. The zero-order chi connectivity index (χ0) is 22.6. The molecule has 1 aromatic heterocycles. The average Bonchev–Trinajstić information content (AvgIpc) is 3.30. The number of nitrogens with one attached hydrogen (secondary N) is 1. The summed E-state index contributed by atoms with van der Waals surface area (Å²) in [6.45, 7) is 3.01. The Morgan fingerprint density at radius 2 is 1.94 bits per heavy atom. The first kappa shape index (κ1) is 21.8. The van der Waals surface area contributed by atoms with E-state index in [1.54, 1.807) is 42.6 Å². The Balaban J connectivity index is 1.52. The molecule has 0 spiro atoms. The van der Waals surface area contributed by atoms with Crippen molar-refractivity contribution >= 4 is 21.6 Å². The van der Waals surface area contributed by atoms with Crippen LogP contribution in [0.3, 0.4) is 0 Å². The van der Waals surface area contributed by atoms with Gasteiger partial charge in [-0.1, -0.05) is 12.1 Å². The van der Waals surface area contributed by atoms with Gasteiger partial charge in [0.1, 0.15) is 5.75 Å². The van der Waals surface area contributed by atoms with E-state index in [1.165, 1.54) is 12.1 Å². The number of hydrogen-bond donors (Lipinski definition) is 1. The van der Waals surface area contributed by atoms with Crippen LogP contribution in [-0.4, -0.2) is 37.4 Å². The van der Waals surface area contributed by atoms with Crippen molar-refractivity contribution in [2.24, 2.45) is 0 Å². The SMILES string of the molecule is CCOc1ccc(S(=O)(=O)Nc2cccc(C(=O)N3CCCC3c3ccccn3)c2)cc1. The normalized spacial score (nSPS) is 16.0. The number of ether oxygens (including phenoxy) is 1. The van der Waals surface area contributed by atoms with Gasteiger partial charge in [-0.3, -0.25) is 14.5 Å². The molecule has 8 heteroatoms. The van der Waals surface area contributed by atoms with Gasteiger partial charge in [-0.25, -0.2) is 8.42 Å². The molecule has 1 saturated heterocycles. The van der Waals surface area contributed by atoms with Crippen LogP contribution in [0.4, 0.5) is 5.69 Å². The van der Waals surface area contributed by atoms with Gasteiger partial charge in [0.25, 0.3) is 15.9 Å². The molecular weight excluding hydrogens is 426 g/mol. The van der Waals surface area contributed by atoms with Crippen LogP contribution in [0.5, 0.6) is 5.75 Å². The van der Waals surface area contributed by atoms with Crippen LogP contribution in [-0.2, 0) is 10.0 Å². The van der Waals surface area contributed by atoms with Crippen molar-refractivity contribution in [2.75, 3.05) is 17.9 Å². The predicted molar refractivity (Wildman–Crippen MR) is 122 cm³/mol. The van der Waals surface area contributed by atoms with Crippen molar-refractivity contribution in [3.8, 4) is 5.75 Å². The van der Waals surface area contributed by atoms with Crippen molar-refractivity contribution in [1.82, 2.24) is 9.88 Å². The highest BCUT2D eigenvalue weighted by molar-refractivity contribution is 7.92. The van der Waals surface area contributed by atoms with E-state index >= 15 is 0 Å². The molecule has 3 aromatic rings. The lowest BCUT2D eigenvalue weighted by Crippen LogP contribution is -2.31. The van der Waals surface area contributed by atoms with Gasteiger partial charge in [0.2, 0.25) is 0 Å². The lowest BCUT2D eigenvalue weighted by molar-refractivity contribution is 0.0733. The topological polar surface area (TPSA) is 88.6 Å². The monoisotopic (exact) mass is 451 g/mol. The Morgan fingerprint density at radius 1 is 1.12 bits per heavy atom. The van der Waals surface area contributed by atoms with Gasteiger partial charge in [-0.2, -0.15) is 0 Å². The van der Waals surface area contributed by atoms with E-state index in [0.717, 1.165) is 18.5 Å². The highest BCUT2D eigenvalue weighted by Gasteiger charge is 2.31. The number of pyridine rings is 1. The summed E-state index contributed by atoms with van der Waals surface area (Å²) in [5.74, 6) is 0.465. The van der Waals surface area contributed by atoms with Crippen molar-refractivity contribution < 1.29 is 17.9 Å². The van der Waals surface area contributed by atoms with Crippen LogP contribution in [0.1, 0.15) is 41.9 Å². The predicted octanol–water partition coefficient (Wildman–Crippen LogP) is 4.26. The molecule has 1 N–H and O–H groups in total. The third-order valence-electron chi connectivity index (χ3n) is 5.35. The number of aromatic nitrogens is 1. The fraction of sp³-hybridized carbons (Fsp3) is 0.250. The Labute approximate surface area is 188 Å². The van der Waals surface area contributed by atoms with E-state index < -0.39 is 10.0 Å². The van der Waals surface area contributed by atoms with Gasteiger partial charge in [0.15, 0.2) is 0 Å². The first-order chi connectivity index (χ1) is 15.5. The second-order valence-electron chi connectivity index (χ2n) is 7.50. The minimum Gasteiger partial charge on any atom is -0.494 e. The van der Waals surface area contributed by atoms with Crippen LogP contribution in [0.25, 0.3) is 0 Å². The Bertz CT molecular complexity index is 1180. The summed E-state index contributed by atoms with van der Waals surface area (Å²) in [5, 5.41) is 0. The number of benzene rings is 2. The fourth-order valence-corrected chi connectivity index (χ4v) is 4.92. The summed E-state index contributed by atoms with van der Waals surface area (Å²) in [7, 11) is -3.80. The number of hydrogen-bond acceptors (Lipinski definition) is 5. The van der Waals surface area contributed by atoms with Gasteiger partial charge in [0, 0.05) is 24.0 Å². The first-order valence-electron chi connectivity index (χ1n) is 10.6. The maximum absolute atomic E-state index is 13.2. The van der Waals surface area contributed by atoms with Gasteiger partial charge in [0.05, 0.1) is 23.2 Å². The zero-order valence-corrected chi connectivity index (χ0v) is 18.6.